The van der Waals surface area contributed by atoms with Crippen LogP contribution < -0.4 is 5.32 Å². The molecule has 1 aromatic carbocycles. The Morgan fingerprint density at radius 3 is 2.82 bits per heavy atom. The molecule has 3 heteroatoms. The summed E-state index contributed by atoms with van der Waals surface area (Å²) in [5, 5.41) is 3.33. The van der Waals surface area contributed by atoms with Crippen LogP contribution in [-0.4, -0.2) is 23.1 Å². The number of aryl methyl sites for hydroxylation is 1. The van der Waals surface area contributed by atoms with Crippen LogP contribution in [0.1, 0.15) is 30.9 Å². The molecule has 1 aromatic rings. The minimum atomic E-state index is -0.725. The molecule has 0 heterocycles. The Kier molecular flexibility index (Phi) is 7.13. The Morgan fingerprint density at radius 1 is 1.29 bits per heavy atom. The number of rotatable bonds is 8. The van der Waals surface area contributed by atoms with Crippen molar-refractivity contribution in [1.82, 2.24) is 5.32 Å². The normalized spacial score (nSPS) is 12.6. The molecule has 0 spiro atoms. The van der Waals surface area contributed by atoms with Gasteiger partial charge in [0.1, 0.15) is 0 Å². The summed E-state index contributed by atoms with van der Waals surface area (Å²) in [6, 6.07) is 8.28. The summed E-state index contributed by atoms with van der Waals surface area (Å²) in [4.78, 5) is 0. The minimum absolute atomic E-state index is 0.690. The highest BCUT2D eigenvalue weighted by Crippen LogP contribution is 2.07. The standard InChI is InChI=1S/C14H23NOS/c1-3-8-15-9-5-10-17(16)12-14-7-4-6-13(2)11-14/h4,6-7,11,15H,3,5,8-10,12H2,1-2H3. The number of nitrogens with one attached hydrogen (secondary N) is 1. The lowest BCUT2D eigenvalue weighted by Crippen LogP contribution is -2.18. The van der Waals surface area contributed by atoms with Gasteiger partial charge in [-0.05, 0) is 38.4 Å². The first-order chi connectivity index (χ1) is 8.22. The molecular formula is C14H23NOS. The lowest BCUT2D eigenvalue weighted by molar-refractivity contribution is 0.652. The van der Waals surface area contributed by atoms with Crippen LogP contribution in [0.5, 0.6) is 0 Å². The van der Waals surface area contributed by atoms with E-state index in [0.717, 1.165) is 31.7 Å². The fourth-order valence-electron chi connectivity index (χ4n) is 1.72. The molecule has 0 aliphatic rings. The number of hydrogen-bond donors (Lipinski definition) is 1. The number of hydrogen-bond acceptors (Lipinski definition) is 2. The molecule has 96 valence electrons. The minimum Gasteiger partial charge on any atom is -0.317 e. The van der Waals surface area contributed by atoms with E-state index in [-0.39, 0.29) is 0 Å². The predicted octanol–water partition coefficient (Wildman–Crippen LogP) is 2.63. The van der Waals surface area contributed by atoms with E-state index in [1.807, 2.05) is 6.07 Å². The maximum atomic E-state index is 11.8. The highest BCUT2D eigenvalue weighted by Gasteiger charge is 2.01. The van der Waals surface area contributed by atoms with Crippen molar-refractivity contribution in [3.05, 3.63) is 35.4 Å². The second-order valence-electron chi connectivity index (χ2n) is 4.38. The SMILES string of the molecule is CCCNCCCS(=O)Cc1cccc(C)c1. The molecule has 0 radical (unpaired) electrons. The molecule has 0 aliphatic carbocycles. The van der Waals surface area contributed by atoms with E-state index in [1.165, 1.54) is 11.1 Å². The second-order valence-corrected chi connectivity index (χ2v) is 5.96. The Balaban J connectivity index is 2.21. The van der Waals surface area contributed by atoms with Crippen LogP contribution in [0.15, 0.2) is 24.3 Å². The maximum Gasteiger partial charge on any atom is 0.0485 e. The zero-order chi connectivity index (χ0) is 12.5. The van der Waals surface area contributed by atoms with Gasteiger partial charge in [0.05, 0.1) is 0 Å². The van der Waals surface area contributed by atoms with Crippen LogP contribution >= 0.6 is 0 Å². The molecule has 1 N–H and O–H groups in total. The highest BCUT2D eigenvalue weighted by molar-refractivity contribution is 7.84. The highest BCUT2D eigenvalue weighted by atomic mass is 32.2. The largest absolute Gasteiger partial charge is 0.317 e. The Morgan fingerprint density at radius 2 is 2.12 bits per heavy atom. The topological polar surface area (TPSA) is 29.1 Å². The fraction of sp³-hybridized carbons (Fsp3) is 0.571. The van der Waals surface area contributed by atoms with Crippen LogP contribution in [0.2, 0.25) is 0 Å². The van der Waals surface area contributed by atoms with Crippen LogP contribution in [0.4, 0.5) is 0 Å². The molecule has 17 heavy (non-hydrogen) atoms. The average molecular weight is 253 g/mol. The van der Waals surface area contributed by atoms with Gasteiger partial charge >= 0.3 is 0 Å². The molecule has 1 unspecified atom stereocenters. The first kappa shape index (κ1) is 14.4. The zero-order valence-electron chi connectivity index (χ0n) is 10.9. The Bertz CT molecular complexity index is 352. The van der Waals surface area contributed by atoms with Gasteiger partial charge in [0.2, 0.25) is 0 Å². The smallest absolute Gasteiger partial charge is 0.0485 e. The summed E-state index contributed by atoms with van der Waals surface area (Å²) in [5.74, 6) is 1.49. The molecule has 0 aromatic heterocycles. The molecular weight excluding hydrogens is 230 g/mol. The molecule has 2 nitrogen and oxygen atoms in total. The van der Waals surface area contributed by atoms with Crippen molar-refractivity contribution in [3.8, 4) is 0 Å². The van der Waals surface area contributed by atoms with Gasteiger partial charge < -0.3 is 5.32 Å². The summed E-state index contributed by atoms with van der Waals surface area (Å²) in [6.07, 6.45) is 2.16. The predicted molar refractivity (Wildman–Crippen MR) is 75.7 cm³/mol. The van der Waals surface area contributed by atoms with E-state index in [2.05, 4.69) is 37.4 Å². The molecule has 0 amide bonds. The van der Waals surface area contributed by atoms with E-state index in [9.17, 15) is 4.21 Å². The van der Waals surface area contributed by atoms with Crippen molar-refractivity contribution < 1.29 is 4.21 Å². The van der Waals surface area contributed by atoms with Crippen molar-refractivity contribution >= 4 is 10.8 Å². The first-order valence-electron chi connectivity index (χ1n) is 6.33. The third-order valence-corrected chi connectivity index (χ3v) is 3.96. The van der Waals surface area contributed by atoms with E-state index in [0.29, 0.717) is 5.75 Å². The van der Waals surface area contributed by atoms with Gasteiger partial charge in [-0.25, -0.2) is 0 Å². The average Bonchev–Trinajstić information content (AvgIpc) is 2.29. The molecule has 1 rings (SSSR count). The number of benzene rings is 1. The summed E-state index contributed by atoms with van der Waals surface area (Å²) in [5.41, 5.74) is 2.42. The van der Waals surface area contributed by atoms with Crippen LogP contribution in [-0.2, 0) is 16.6 Å². The third-order valence-electron chi connectivity index (χ3n) is 2.56. The van der Waals surface area contributed by atoms with Crippen molar-refractivity contribution in [3.63, 3.8) is 0 Å². The van der Waals surface area contributed by atoms with Crippen LogP contribution in [0.25, 0.3) is 0 Å². The van der Waals surface area contributed by atoms with E-state index in [4.69, 9.17) is 0 Å². The monoisotopic (exact) mass is 253 g/mol. The molecule has 0 fully saturated rings. The molecule has 0 bridgehead atoms. The first-order valence-corrected chi connectivity index (χ1v) is 7.82. The molecule has 0 aliphatic heterocycles. The summed E-state index contributed by atoms with van der Waals surface area (Å²) < 4.78 is 11.8. The van der Waals surface area contributed by atoms with Gasteiger partial charge in [-0.2, -0.15) is 0 Å². The quantitative estimate of drug-likeness (QED) is 0.722. The van der Waals surface area contributed by atoms with Crippen molar-refractivity contribution in [2.75, 3.05) is 18.8 Å². The summed E-state index contributed by atoms with van der Waals surface area (Å²) >= 11 is 0. The second kappa shape index (κ2) is 8.43. The Hall–Kier alpha value is -0.670. The summed E-state index contributed by atoms with van der Waals surface area (Å²) in [6.45, 7) is 6.27. The lowest BCUT2D eigenvalue weighted by Gasteiger charge is -2.04. The van der Waals surface area contributed by atoms with Gasteiger partial charge in [0.25, 0.3) is 0 Å². The van der Waals surface area contributed by atoms with Gasteiger partial charge in [-0.3, -0.25) is 4.21 Å². The van der Waals surface area contributed by atoms with Crippen LogP contribution in [0, 0.1) is 6.92 Å². The fourth-order valence-corrected chi connectivity index (χ4v) is 2.88. The van der Waals surface area contributed by atoms with Gasteiger partial charge in [0.15, 0.2) is 0 Å². The van der Waals surface area contributed by atoms with E-state index < -0.39 is 10.8 Å². The van der Waals surface area contributed by atoms with Crippen molar-refractivity contribution in [2.24, 2.45) is 0 Å². The third kappa shape index (κ3) is 6.59. The lowest BCUT2D eigenvalue weighted by atomic mass is 10.2. The van der Waals surface area contributed by atoms with Gasteiger partial charge in [0, 0.05) is 22.3 Å². The maximum absolute atomic E-state index is 11.8. The Labute approximate surface area is 107 Å². The van der Waals surface area contributed by atoms with Crippen molar-refractivity contribution in [2.45, 2.75) is 32.4 Å². The van der Waals surface area contributed by atoms with Crippen molar-refractivity contribution in [1.29, 1.82) is 0 Å². The van der Waals surface area contributed by atoms with E-state index in [1.54, 1.807) is 0 Å². The molecule has 0 saturated heterocycles. The van der Waals surface area contributed by atoms with Gasteiger partial charge in [-0.15, -0.1) is 0 Å². The molecule has 1 atom stereocenters. The van der Waals surface area contributed by atoms with Crippen LogP contribution in [0.3, 0.4) is 0 Å². The summed E-state index contributed by atoms with van der Waals surface area (Å²) in [7, 11) is -0.725. The van der Waals surface area contributed by atoms with E-state index >= 15 is 0 Å². The zero-order valence-corrected chi connectivity index (χ0v) is 11.7. The van der Waals surface area contributed by atoms with Gasteiger partial charge in [-0.1, -0.05) is 36.8 Å². The molecule has 0 saturated carbocycles.